The van der Waals surface area contributed by atoms with Gasteiger partial charge in [-0.1, -0.05) is 6.42 Å². The second-order valence-corrected chi connectivity index (χ2v) is 6.57. The Morgan fingerprint density at radius 2 is 2.06 bits per heavy atom. The molecule has 2 fully saturated rings. The Kier molecular flexibility index (Phi) is 4.87. The molecule has 2 bridgehead atoms. The normalized spacial score (nSPS) is 31.9. The van der Waals surface area contributed by atoms with Crippen molar-refractivity contribution in [2.24, 2.45) is 17.8 Å². The third kappa shape index (κ3) is 3.69. The van der Waals surface area contributed by atoms with Crippen LogP contribution in [0.1, 0.15) is 46.0 Å². The van der Waals surface area contributed by atoms with Crippen LogP contribution in [-0.2, 0) is 0 Å². The molecular formula is C15H30N2. The van der Waals surface area contributed by atoms with Gasteiger partial charge >= 0.3 is 0 Å². The average Bonchev–Trinajstić information content (AvgIpc) is 2.90. The maximum atomic E-state index is 3.68. The lowest BCUT2D eigenvalue weighted by Gasteiger charge is -2.23. The van der Waals surface area contributed by atoms with Crippen LogP contribution >= 0.6 is 0 Å². The topological polar surface area (TPSA) is 15.3 Å². The predicted molar refractivity (Wildman–Crippen MR) is 74.2 cm³/mol. The quantitative estimate of drug-likeness (QED) is 0.686. The van der Waals surface area contributed by atoms with Crippen LogP contribution in [0.4, 0.5) is 0 Å². The molecule has 0 aliphatic heterocycles. The van der Waals surface area contributed by atoms with Gasteiger partial charge in [-0.15, -0.1) is 0 Å². The van der Waals surface area contributed by atoms with E-state index in [2.05, 4.69) is 31.1 Å². The largest absolute Gasteiger partial charge is 0.316 e. The minimum atomic E-state index is 0.681. The first kappa shape index (κ1) is 13.4. The van der Waals surface area contributed by atoms with Crippen molar-refractivity contribution in [2.45, 2.75) is 52.0 Å². The molecule has 3 unspecified atom stereocenters. The molecule has 2 nitrogen and oxygen atoms in total. The number of rotatable bonds is 7. The monoisotopic (exact) mass is 238 g/mol. The average molecular weight is 238 g/mol. The minimum Gasteiger partial charge on any atom is -0.316 e. The second-order valence-electron chi connectivity index (χ2n) is 6.57. The summed E-state index contributed by atoms with van der Waals surface area (Å²) in [4.78, 5) is 2.43. The van der Waals surface area contributed by atoms with Gasteiger partial charge in [0.1, 0.15) is 0 Å². The van der Waals surface area contributed by atoms with Crippen LogP contribution < -0.4 is 5.32 Å². The fraction of sp³-hybridized carbons (Fsp3) is 1.00. The molecule has 3 atom stereocenters. The van der Waals surface area contributed by atoms with Gasteiger partial charge in [0, 0.05) is 6.04 Å². The smallest absolute Gasteiger partial charge is 0.00355 e. The van der Waals surface area contributed by atoms with Gasteiger partial charge in [-0.2, -0.15) is 0 Å². The molecule has 0 heterocycles. The third-order valence-electron chi connectivity index (χ3n) is 5.04. The van der Waals surface area contributed by atoms with Crippen molar-refractivity contribution in [2.75, 3.05) is 26.7 Å². The van der Waals surface area contributed by atoms with E-state index in [9.17, 15) is 0 Å². The van der Waals surface area contributed by atoms with Gasteiger partial charge in [-0.05, 0) is 84.0 Å². The van der Waals surface area contributed by atoms with E-state index >= 15 is 0 Å². The second kappa shape index (κ2) is 6.19. The van der Waals surface area contributed by atoms with Crippen LogP contribution in [0.2, 0.25) is 0 Å². The molecule has 0 spiro atoms. The standard InChI is InChI=1S/C15H30N2/c1-12(2)17(3)8-4-7-16-11-15-10-13-5-6-14(15)9-13/h12-16H,4-11H2,1-3H3. The highest BCUT2D eigenvalue weighted by atomic mass is 15.1. The molecule has 0 aromatic carbocycles. The van der Waals surface area contributed by atoms with E-state index in [-0.39, 0.29) is 0 Å². The first-order valence-corrected chi connectivity index (χ1v) is 7.57. The number of fused-ring (bicyclic) bond motifs is 2. The van der Waals surface area contributed by atoms with Gasteiger partial charge in [-0.25, -0.2) is 0 Å². The third-order valence-corrected chi connectivity index (χ3v) is 5.04. The van der Waals surface area contributed by atoms with Crippen molar-refractivity contribution in [3.8, 4) is 0 Å². The van der Waals surface area contributed by atoms with E-state index in [0.717, 1.165) is 17.8 Å². The van der Waals surface area contributed by atoms with Gasteiger partial charge < -0.3 is 10.2 Å². The van der Waals surface area contributed by atoms with Gasteiger partial charge in [0.05, 0.1) is 0 Å². The van der Waals surface area contributed by atoms with E-state index in [1.807, 2.05) is 0 Å². The van der Waals surface area contributed by atoms with Gasteiger partial charge in [-0.3, -0.25) is 0 Å². The zero-order valence-corrected chi connectivity index (χ0v) is 11.9. The molecule has 0 aromatic rings. The molecule has 17 heavy (non-hydrogen) atoms. The van der Waals surface area contributed by atoms with Crippen LogP contribution in [0.5, 0.6) is 0 Å². The number of nitrogens with zero attached hydrogens (tertiary/aromatic N) is 1. The zero-order chi connectivity index (χ0) is 12.3. The summed E-state index contributed by atoms with van der Waals surface area (Å²) in [5.74, 6) is 3.18. The van der Waals surface area contributed by atoms with E-state index in [0.29, 0.717) is 6.04 Å². The highest BCUT2D eigenvalue weighted by molar-refractivity contribution is 4.90. The van der Waals surface area contributed by atoms with Crippen molar-refractivity contribution in [1.82, 2.24) is 10.2 Å². The van der Waals surface area contributed by atoms with E-state index < -0.39 is 0 Å². The first-order chi connectivity index (χ1) is 8.16. The van der Waals surface area contributed by atoms with Crippen LogP contribution in [-0.4, -0.2) is 37.6 Å². The van der Waals surface area contributed by atoms with E-state index in [1.54, 1.807) is 6.42 Å². The molecule has 2 rings (SSSR count). The van der Waals surface area contributed by atoms with Crippen molar-refractivity contribution < 1.29 is 0 Å². The van der Waals surface area contributed by atoms with Crippen LogP contribution in [0.3, 0.4) is 0 Å². The zero-order valence-electron chi connectivity index (χ0n) is 11.9. The van der Waals surface area contributed by atoms with E-state index in [4.69, 9.17) is 0 Å². The Labute approximate surface area is 107 Å². The van der Waals surface area contributed by atoms with Crippen molar-refractivity contribution >= 4 is 0 Å². The highest BCUT2D eigenvalue weighted by Gasteiger charge is 2.38. The number of nitrogens with one attached hydrogen (secondary N) is 1. The van der Waals surface area contributed by atoms with Crippen LogP contribution in [0.15, 0.2) is 0 Å². The Bertz CT molecular complexity index is 227. The molecule has 100 valence electrons. The number of hydrogen-bond acceptors (Lipinski definition) is 2. The molecule has 1 N–H and O–H groups in total. The lowest BCUT2D eigenvalue weighted by molar-refractivity contribution is 0.265. The summed E-state index contributed by atoms with van der Waals surface area (Å²) in [5.41, 5.74) is 0. The summed E-state index contributed by atoms with van der Waals surface area (Å²) < 4.78 is 0. The SMILES string of the molecule is CC(C)N(C)CCCNCC1CC2CCC1C2. The van der Waals surface area contributed by atoms with Crippen molar-refractivity contribution in [3.05, 3.63) is 0 Å². The summed E-state index contributed by atoms with van der Waals surface area (Å²) in [7, 11) is 2.22. The molecular weight excluding hydrogens is 208 g/mol. The Morgan fingerprint density at radius 1 is 1.24 bits per heavy atom. The summed E-state index contributed by atoms with van der Waals surface area (Å²) in [6, 6.07) is 0.681. The van der Waals surface area contributed by atoms with Gasteiger partial charge in [0.25, 0.3) is 0 Å². The number of hydrogen-bond donors (Lipinski definition) is 1. The minimum absolute atomic E-state index is 0.681. The fourth-order valence-corrected chi connectivity index (χ4v) is 3.63. The first-order valence-electron chi connectivity index (χ1n) is 7.57. The van der Waals surface area contributed by atoms with Gasteiger partial charge in [0.15, 0.2) is 0 Å². The molecule has 0 saturated heterocycles. The Hall–Kier alpha value is -0.0800. The Balaban J connectivity index is 1.49. The summed E-state index contributed by atoms with van der Waals surface area (Å²) >= 11 is 0. The summed E-state index contributed by atoms with van der Waals surface area (Å²) in [6.45, 7) is 8.24. The van der Waals surface area contributed by atoms with Crippen LogP contribution in [0, 0.1) is 17.8 Å². The summed E-state index contributed by atoms with van der Waals surface area (Å²) in [5, 5.41) is 3.68. The van der Waals surface area contributed by atoms with Gasteiger partial charge in [0.2, 0.25) is 0 Å². The van der Waals surface area contributed by atoms with Crippen LogP contribution in [0.25, 0.3) is 0 Å². The molecule has 2 saturated carbocycles. The Morgan fingerprint density at radius 3 is 2.65 bits per heavy atom. The lowest BCUT2D eigenvalue weighted by atomic mass is 9.89. The molecule has 2 heteroatoms. The molecule has 0 radical (unpaired) electrons. The maximum Gasteiger partial charge on any atom is 0.00355 e. The summed E-state index contributed by atoms with van der Waals surface area (Å²) in [6.07, 6.45) is 7.40. The molecule has 0 aromatic heterocycles. The molecule has 2 aliphatic rings. The lowest BCUT2D eigenvalue weighted by Crippen LogP contribution is -2.31. The maximum absolute atomic E-state index is 3.68. The predicted octanol–water partition coefficient (Wildman–Crippen LogP) is 2.74. The van der Waals surface area contributed by atoms with Crippen molar-refractivity contribution in [1.29, 1.82) is 0 Å². The van der Waals surface area contributed by atoms with E-state index in [1.165, 1.54) is 45.3 Å². The molecule has 2 aliphatic carbocycles. The molecule has 0 amide bonds. The highest BCUT2D eigenvalue weighted by Crippen LogP contribution is 2.47. The van der Waals surface area contributed by atoms with Crippen molar-refractivity contribution in [3.63, 3.8) is 0 Å². The fourth-order valence-electron chi connectivity index (χ4n) is 3.63.